The monoisotopic (exact) mass is 481 g/mol. The van der Waals surface area contributed by atoms with Gasteiger partial charge < -0.3 is 19.7 Å². The predicted octanol–water partition coefficient (Wildman–Crippen LogP) is 5.04. The molecule has 10 heteroatoms. The molecule has 1 aromatic carbocycles. The maximum absolute atomic E-state index is 14.5. The van der Waals surface area contributed by atoms with Crippen molar-refractivity contribution in [3.63, 3.8) is 0 Å². The van der Waals surface area contributed by atoms with Crippen molar-refractivity contribution in [3.05, 3.63) is 42.0 Å². The van der Waals surface area contributed by atoms with Crippen molar-refractivity contribution < 1.29 is 23.8 Å². The number of aryl methyl sites for hydroxylation is 1. The Balaban J connectivity index is 1.63. The highest BCUT2D eigenvalue weighted by atomic mass is 19.1. The first-order valence-electron chi connectivity index (χ1n) is 11.9. The van der Waals surface area contributed by atoms with Crippen LogP contribution in [0, 0.1) is 11.7 Å². The number of carbonyl (C=O) groups is 2. The number of aliphatic carboxylic acids is 1. The standard InChI is InChI=1S/C25H28FN5O4/c1-14-3-8-17-20(30(14)25(34)35-2)9-10-21-22(17)29-24(28-19-11-12-27-13-18(19)26)31(21)16-6-4-15(5-7-16)23(32)33/h9-16H,3-8H2,1-2H3,(H,32,33)(H,27,28,29)/t14-,15-,16-/m0/s1. The number of amides is 1. The van der Waals surface area contributed by atoms with Crippen molar-refractivity contribution in [2.45, 2.75) is 57.5 Å². The van der Waals surface area contributed by atoms with Crippen molar-refractivity contribution in [1.82, 2.24) is 14.5 Å². The van der Waals surface area contributed by atoms with E-state index in [1.165, 1.54) is 13.3 Å². The van der Waals surface area contributed by atoms with Crippen LogP contribution in [0.2, 0.25) is 0 Å². The van der Waals surface area contributed by atoms with E-state index < -0.39 is 17.9 Å². The van der Waals surface area contributed by atoms with E-state index in [0.717, 1.165) is 41.3 Å². The van der Waals surface area contributed by atoms with Crippen molar-refractivity contribution in [2.75, 3.05) is 17.3 Å². The van der Waals surface area contributed by atoms with Gasteiger partial charge in [0, 0.05) is 23.8 Å². The van der Waals surface area contributed by atoms with E-state index in [-0.39, 0.29) is 23.7 Å². The predicted molar refractivity (Wildman–Crippen MR) is 129 cm³/mol. The number of hydrogen-bond acceptors (Lipinski definition) is 6. The zero-order valence-corrected chi connectivity index (χ0v) is 19.7. The Kier molecular flexibility index (Phi) is 6.04. The molecule has 2 aliphatic rings. The van der Waals surface area contributed by atoms with Gasteiger partial charge in [-0.1, -0.05) is 0 Å². The third kappa shape index (κ3) is 4.06. The molecule has 0 bridgehead atoms. The van der Waals surface area contributed by atoms with Crippen LogP contribution in [0.3, 0.4) is 0 Å². The van der Waals surface area contributed by atoms with Gasteiger partial charge in [-0.05, 0) is 63.6 Å². The van der Waals surface area contributed by atoms with Crippen LogP contribution in [0.4, 0.5) is 26.5 Å². The summed E-state index contributed by atoms with van der Waals surface area (Å²) < 4.78 is 21.5. The molecule has 1 aliphatic heterocycles. The molecule has 0 spiro atoms. The minimum atomic E-state index is -0.762. The number of anilines is 3. The molecular weight excluding hydrogens is 453 g/mol. The fraction of sp³-hybridized carbons (Fsp3) is 0.440. The Bertz CT molecular complexity index is 1280. The SMILES string of the molecule is COC(=O)N1c2ccc3c(nc(Nc4ccncc4F)n3[C@H]3CC[C@H](C(=O)O)CC3)c2CC[C@@H]1C. The van der Waals surface area contributed by atoms with E-state index in [1.807, 2.05) is 19.1 Å². The van der Waals surface area contributed by atoms with Crippen molar-refractivity contribution in [1.29, 1.82) is 0 Å². The number of hydrogen-bond donors (Lipinski definition) is 2. The van der Waals surface area contributed by atoms with Gasteiger partial charge >= 0.3 is 12.1 Å². The molecule has 3 heterocycles. The van der Waals surface area contributed by atoms with Crippen LogP contribution >= 0.6 is 0 Å². The van der Waals surface area contributed by atoms with Crippen molar-refractivity contribution in [3.8, 4) is 0 Å². The molecule has 1 atom stereocenters. The number of aromatic nitrogens is 3. The summed E-state index contributed by atoms with van der Waals surface area (Å²) in [5, 5.41) is 12.6. The summed E-state index contributed by atoms with van der Waals surface area (Å²) in [6, 6.07) is 5.41. The summed E-state index contributed by atoms with van der Waals surface area (Å²) in [6.45, 7) is 1.99. The quantitative estimate of drug-likeness (QED) is 0.537. The minimum absolute atomic E-state index is 0.00991. The van der Waals surface area contributed by atoms with E-state index in [4.69, 9.17) is 9.72 Å². The van der Waals surface area contributed by atoms with Gasteiger partial charge in [-0.25, -0.2) is 14.2 Å². The second-order valence-corrected chi connectivity index (χ2v) is 9.29. The molecule has 2 aromatic heterocycles. The molecule has 1 fully saturated rings. The molecule has 3 aromatic rings. The van der Waals surface area contributed by atoms with Gasteiger partial charge in [0.1, 0.15) is 0 Å². The number of rotatable bonds is 4. The largest absolute Gasteiger partial charge is 0.481 e. The number of carbonyl (C=O) groups excluding carboxylic acids is 1. The smallest absolute Gasteiger partial charge is 0.414 e. The van der Waals surface area contributed by atoms with Crippen LogP contribution in [0.1, 0.15) is 50.6 Å². The number of methoxy groups -OCH3 is 1. The van der Waals surface area contributed by atoms with Gasteiger partial charge in [0.25, 0.3) is 0 Å². The number of imidazole rings is 1. The van der Waals surface area contributed by atoms with Crippen LogP contribution < -0.4 is 10.2 Å². The van der Waals surface area contributed by atoms with Crippen LogP contribution in [-0.2, 0) is 16.0 Å². The summed E-state index contributed by atoms with van der Waals surface area (Å²) in [6.07, 6.45) is 6.24. The summed E-state index contributed by atoms with van der Waals surface area (Å²) in [7, 11) is 1.37. The van der Waals surface area contributed by atoms with Gasteiger partial charge in [0.05, 0.1) is 41.6 Å². The topological polar surface area (TPSA) is 110 Å². The van der Waals surface area contributed by atoms with Gasteiger partial charge in [-0.3, -0.25) is 14.7 Å². The van der Waals surface area contributed by atoms with Crippen molar-refractivity contribution in [2.24, 2.45) is 5.92 Å². The van der Waals surface area contributed by atoms with E-state index in [1.54, 1.807) is 11.0 Å². The lowest BCUT2D eigenvalue weighted by molar-refractivity contribution is -0.143. The van der Waals surface area contributed by atoms with E-state index in [2.05, 4.69) is 14.9 Å². The lowest BCUT2D eigenvalue weighted by Crippen LogP contribution is -2.42. The van der Waals surface area contributed by atoms with Crippen molar-refractivity contribution >= 4 is 40.4 Å². The Morgan fingerprint density at radius 3 is 2.63 bits per heavy atom. The highest BCUT2D eigenvalue weighted by Gasteiger charge is 2.33. The second kappa shape index (κ2) is 9.16. The van der Waals surface area contributed by atoms with Crippen LogP contribution in [-0.4, -0.2) is 44.9 Å². The lowest BCUT2D eigenvalue weighted by Gasteiger charge is -2.34. The highest BCUT2D eigenvalue weighted by molar-refractivity contribution is 5.96. The summed E-state index contributed by atoms with van der Waals surface area (Å²) in [4.78, 5) is 34.4. The average molecular weight is 482 g/mol. The summed E-state index contributed by atoms with van der Waals surface area (Å²) in [5.41, 5.74) is 3.60. The number of carboxylic acids is 1. The number of benzene rings is 1. The van der Waals surface area contributed by atoms with E-state index in [9.17, 15) is 19.1 Å². The van der Waals surface area contributed by atoms with Gasteiger partial charge in [-0.15, -0.1) is 0 Å². The fourth-order valence-electron chi connectivity index (χ4n) is 5.41. The van der Waals surface area contributed by atoms with Gasteiger partial charge in [-0.2, -0.15) is 0 Å². The van der Waals surface area contributed by atoms with Crippen LogP contribution in [0.5, 0.6) is 0 Å². The normalized spacial score (nSPS) is 22.0. The Labute approximate surface area is 201 Å². The minimum Gasteiger partial charge on any atom is -0.481 e. The molecule has 1 saturated carbocycles. The lowest BCUT2D eigenvalue weighted by atomic mass is 9.86. The zero-order valence-electron chi connectivity index (χ0n) is 19.7. The molecule has 5 rings (SSSR count). The zero-order chi connectivity index (χ0) is 24.7. The number of ether oxygens (including phenoxy) is 1. The van der Waals surface area contributed by atoms with Crippen LogP contribution in [0.25, 0.3) is 11.0 Å². The third-order valence-corrected chi connectivity index (χ3v) is 7.26. The molecule has 0 unspecified atom stereocenters. The molecule has 1 aliphatic carbocycles. The van der Waals surface area contributed by atoms with Crippen LogP contribution in [0.15, 0.2) is 30.6 Å². The molecule has 2 N–H and O–H groups in total. The highest BCUT2D eigenvalue weighted by Crippen LogP contribution is 2.42. The number of carboxylic acid groups (broad SMARTS) is 1. The molecular formula is C25H28FN5O4. The molecule has 184 valence electrons. The number of halogens is 1. The Morgan fingerprint density at radius 2 is 1.94 bits per heavy atom. The maximum atomic E-state index is 14.5. The number of nitrogens with zero attached hydrogens (tertiary/aromatic N) is 4. The second-order valence-electron chi connectivity index (χ2n) is 9.29. The Morgan fingerprint density at radius 1 is 1.17 bits per heavy atom. The third-order valence-electron chi connectivity index (χ3n) is 7.26. The molecule has 0 saturated heterocycles. The molecule has 35 heavy (non-hydrogen) atoms. The number of fused-ring (bicyclic) bond motifs is 3. The fourth-order valence-corrected chi connectivity index (χ4v) is 5.41. The molecule has 9 nitrogen and oxygen atoms in total. The number of nitrogens with one attached hydrogen (secondary N) is 1. The molecule has 0 radical (unpaired) electrons. The first-order valence-corrected chi connectivity index (χ1v) is 11.9. The van der Waals surface area contributed by atoms with E-state index >= 15 is 0 Å². The number of pyridine rings is 1. The average Bonchev–Trinajstić information content (AvgIpc) is 3.23. The maximum Gasteiger partial charge on any atom is 0.414 e. The van der Waals surface area contributed by atoms with E-state index in [0.29, 0.717) is 31.6 Å². The molecule has 1 amide bonds. The summed E-state index contributed by atoms with van der Waals surface area (Å²) in [5.74, 6) is -1.12. The Hall–Kier alpha value is -3.69. The van der Waals surface area contributed by atoms with Gasteiger partial charge in [0.2, 0.25) is 5.95 Å². The first kappa shape index (κ1) is 23.1. The first-order chi connectivity index (χ1) is 16.9. The van der Waals surface area contributed by atoms with Gasteiger partial charge in [0.15, 0.2) is 5.82 Å². The summed E-state index contributed by atoms with van der Waals surface area (Å²) >= 11 is 0.